The number of aldehydes is 1. The third-order valence-electron chi connectivity index (χ3n) is 4.53. The summed E-state index contributed by atoms with van der Waals surface area (Å²) in [4.78, 5) is 24.2. The minimum atomic E-state index is -4.75. The van der Waals surface area contributed by atoms with E-state index in [1.807, 2.05) is 32.9 Å². The van der Waals surface area contributed by atoms with Crippen LogP contribution in [0.5, 0.6) is 0 Å². The molecule has 0 fully saturated rings. The van der Waals surface area contributed by atoms with Gasteiger partial charge in [-0.3, -0.25) is 4.79 Å². The zero-order chi connectivity index (χ0) is 20.9. The van der Waals surface area contributed by atoms with E-state index in [0.29, 0.717) is 28.5 Å². The van der Waals surface area contributed by atoms with Gasteiger partial charge in [-0.05, 0) is 28.7 Å². The first-order chi connectivity index (χ1) is 13.0. The average Bonchev–Trinajstić information content (AvgIpc) is 2.60. The van der Waals surface area contributed by atoms with E-state index in [9.17, 15) is 22.8 Å². The number of benzene rings is 2. The Labute approximate surface area is 167 Å². The molecule has 0 saturated heterocycles. The number of rotatable bonds is 6. The van der Waals surface area contributed by atoms with Crippen molar-refractivity contribution in [3.05, 3.63) is 65.7 Å². The number of hydrogen-bond acceptors (Lipinski definition) is 3. The molecule has 150 valence electrons. The van der Waals surface area contributed by atoms with Gasteiger partial charge in [0.2, 0.25) is 5.12 Å². The Morgan fingerprint density at radius 1 is 1.00 bits per heavy atom. The van der Waals surface area contributed by atoms with E-state index in [4.69, 9.17) is 0 Å². The molecule has 2 atom stereocenters. The molecule has 1 unspecified atom stereocenters. The van der Waals surface area contributed by atoms with Crippen molar-refractivity contribution in [3.8, 4) is 0 Å². The van der Waals surface area contributed by atoms with Gasteiger partial charge in [-0.15, -0.1) is 0 Å². The van der Waals surface area contributed by atoms with Crippen molar-refractivity contribution < 1.29 is 22.8 Å². The van der Waals surface area contributed by atoms with Gasteiger partial charge in [0.05, 0.1) is 0 Å². The van der Waals surface area contributed by atoms with Crippen molar-refractivity contribution in [3.63, 3.8) is 0 Å². The Bertz CT molecular complexity index is 793. The molecule has 2 rings (SSSR count). The summed E-state index contributed by atoms with van der Waals surface area (Å²) >= 11 is 0.572. The first-order valence-corrected chi connectivity index (χ1v) is 9.73. The van der Waals surface area contributed by atoms with Gasteiger partial charge >= 0.3 is 6.18 Å². The Morgan fingerprint density at radius 2 is 1.57 bits per heavy atom. The quantitative estimate of drug-likeness (QED) is 0.424. The fraction of sp³-hybridized carbons (Fsp3) is 0.364. The van der Waals surface area contributed by atoms with Gasteiger partial charge in [0.25, 0.3) is 0 Å². The Hall–Kier alpha value is -2.08. The molecule has 2 nitrogen and oxygen atoms in total. The largest absolute Gasteiger partial charge is 0.400 e. The summed E-state index contributed by atoms with van der Waals surface area (Å²) in [5.41, 5.74) is 1.26. The number of carbonyl (C=O) groups is 2. The highest BCUT2D eigenvalue weighted by Gasteiger charge is 2.49. The van der Waals surface area contributed by atoms with Gasteiger partial charge < -0.3 is 4.79 Å². The topological polar surface area (TPSA) is 34.1 Å². The van der Waals surface area contributed by atoms with Crippen LogP contribution in [0.3, 0.4) is 0 Å². The summed E-state index contributed by atoms with van der Waals surface area (Å²) in [5.74, 6) is -3.50. The maximum Gasteiger partial charge on any atom is 0.400 e. The van der Waals surface area contributed by atoms with Crippen LogP contribution in [0.25, 0.3) is 0 Å². The number of thioether (sulfide) groups is 1. The molecule has 28 heavy (non-hydrogen) atoms. The lowest BCUT2D eigenvalue weighted by molar-refractivity contribution is -0.181. The molecule has 2 aromatic rings. The molecule has 0 saturated carbocycles. The standard InChI is InChI=1S/C22H23F3O2S/c1-21(2,3)16-9-11-17(12-10-16)28-20(27)19(22(23,24)25)18(13-14-26)15-7-5-4-6-8-15/h4-12,14,18-19H,13H2,1-3H3/t18-,19?/m0/s1. The maximum atomic E-state index is 13.8. The van der Waals surface area contributed by atoms with Crippen LogP contribution in [0.15, 0.2) is 59.5 Å². The van der Waals surface area contributed by atoms with E-state index in [0.717, 1.165) is 5.56 Å². The van der Waals surface area contributed by atoms with E-state index in [-0.39, 0.29) is 11.8 Å². The second-order valence-electron chi connectivity index (χ2n) is 7.63. The predicted octanol–water partition coefficient (Wildman–Crippen LogP) is 6.15. The van der Waals surface area contributed by atoms with Crippen molar-refractivity contribution in [2.75, 3.05) is 0 Å². The summed E-state index contributed by atoms with van der Waals surface area (Å²) in [6, 6.07) is 14.9. The summed E-state index contributed by atoms with van der Waals surface area (Å²) in [5, 5.41) is -1.01. The zero-order valence-electron chi connectivity index (χ0n) is 16.0. The van der Waals surface area contributed by atoms with Crippen LogP contribution < -0.4 is 0 Å². The lowest BCUT2D eigenvalue weighted by Crippen LogP contribution is -2.35. The van der Waals surface area contributed by atoms with Gasteiger partial charge in [0.1, 0.15) is 12.2 Å². The minimum absolute atomic E-state index is 0.0932. The lowest BCUT2D eigenvalue weighted by Gasteiger charge is -2.27. The van der Waals surface area contributed by atoms with Gasteiger partial charge in [-0.1, -0.05) is 75.0 Å². The minimum Gasteiger partial charge on any atom is -0.303 e. The normalized spacial score (nSPS) is 14.4. The highest BCUT2D eigenvalue weighted by Crippen LogP contribution is 2.43. The van der Waals surface area contributed by atoms with E-state index < -0.39 is 23.1 Å². The number of hydrogen-bond donors (Lipinski definition) is 0. The van der Waals surface area contributed by atoms with Gasteiger partial charge in [0.15, 0.2) is 0 Å². The van der Waals surface area contributed by atoms with Crippen molar-refractivity contribution >= 4 is 23.2 Å². The van der Waals surface area contributed by atoms with E-state index in [2.05, 4.69) is 0 Å². The van der Waals surface area contributed by atoms with Crippen molar-refractivity contribution in [2.24, 2.45) is 5.92 Å². The second kappa shape index (κ2) is 8.95. The highest BCUT2D eigenvalue weighted by atomic mass is 32.2. The van der Waals surface area contributed by atoms with Crippen LogP contribution >= 0.6 is 11.8 Å². The Kier molecular flexibility index (Phi) is 7.10. The average molecular weight is 408 g/mol. The van der Waals surface area contributed by atoms with Crippen LogP contribution in [-0.2, 0) is 15.0 Å². The first kappa shape index (κ1) is 22.2. The molecule has 0 aromatic heterocycles. The van der Waals surface area contributed by atoms with Gasteiger partial charge in [0, 0.05) is 17.2 Å². The van der Waals surface area contributed by atoms with Crippen LogP contribution in [0.2, 0.25) is 0 Å². The van der Waals surface area contributed by atoms with Crippen LogP contribution in [0.1, 0.15) is 44.2 Å². The number of halogens is 3. The third-order valence-corrected chi connectivity index (χ3v) is 5.49. The molecule has 0 bridgehead atoms. The molecule has 0 aliphatic heterocycles. The Morgan fingerprint density at radius 3 is 2.04 bits per heavy atom. The molecule has 0 heterocycles. The van der Waals surface area contributed by atoms with Crippen molar-refractivity contribution in [2.45, 2.75) is 49.6 Å². The van der Waals surface area contributed by atoms with E-state index in [1.165, 1.54) is 12.1 Å². The summed E-state index contributed by atoms with van der Waals surface area (Å²) in [6.07, 6.45) is -4.69. The predicted molar refractivity (Wildman–Crippen MR) is 105 cm³/mol. The van der Waals surface area contributed by atoms with Crippen molar-refractivity contribution in [1.29, 1.82) is 0 Å². The van der Waals surface area contributed by atoms with Crippen LogP contribution in [0.4, 0.5) is 13.2 Å². The first-order valence-electron chi connectivity index (χ1n) is 8.91. The number of carbonyl (C=O) groups excluding carboxylic acids is 2. The highest BCUT2D eigenvalue weighted by molar-refractivity contribution is 8.13. The van der Waals surface area contributed by atoms with Gasteiger partial charge in [-0.25, -0.2) is 0 Å². The Balaban J connectivity index is 2.31. The zero-order valence-corrected chi connectivity index (χ0v) is 16.8. The second-order valence-corrected chi connectivity index (χ2v) is 8.71. The van der Waals surface area contributed by atoms with E-state index >= 15 is 0 Å². The fourth-order valence-electron chi connectivity index (χ4n) is 3.00. The third kappa shape index (κ3) is 5.71. The molecule has 0 N–H and O–H groups in total. The molecular weight excluding hydrogens is 385 g/mol. The lowest BCUT2D eigenvalue weighted by atomic mass is 9.84. The smallest absolute Gasteiger partial charge is 0.303 e. The molecule has 2 aromatic carbocycles. The summed E-state index contributed by atoms with van der Waals surface area (Å²) < 4.78 is 41.4. The molecular formula is C22H23F3O2S. The van der Waals surface area contributed by atoms with Crippen LogP contribution in [-0.4, -0.2) is 17.6 Å². The summed E-state index contributed by atoms with van der Waals surface area (Å²) in [6.45, 7) is 6.09. The SMILES string of the molecule is CC(C)(C)c1ccc(SC(=O)C([C@@H](CC=O)c2ccccc2)C(F)(F)F)cc1. The molecule has 0 amide bonds. The van der Waals surface area contributed by atoms with Crippen molar-refractivity contribution in [1.82, 2.24) is 0 Å². The fourth-order valence-corrected chi connectivity index (χ4v) is 3.93. The van der Waals surface area contributed by atoms with E-state index in [1.54, 1.807) is 30.3 Å². The van der Waals surface area contributed by atoms with Crippen LogP contribution in [0, 0.1) is 5.92 Å². The maximum absolute atomic E-state index is 13.8. The van der Waals surface area contributed by atoms with Gasteiger partial charge in [-0.2, -0.15) is 13.2 Å². The monoisotopic (exact) mass is 408 g/mol. The molecule has 0 radical (unpaired) electrons. The molecule has 0 aliphatic rings. The molecule has 0 aliphatic carbocycles. The number of alkyl halides is 3. The molecule has 6 heteroatoms. The summed E-state index contributed by atoms with van der Waals surface area (Å²) in [7, 11) is 0. The molecule has 0 spiro atoms.